The number of ether oxygens (including phenoxy) is 2. The van der Waals surface area contributed by atoms with Gasteiger partial charge in [-0.2, -0.15) is 9.37 Å². The first kappa shape index (κ1) is 25.4. The van der Waals surface area contributed by atoms with E-state index in [1.165, 1.54) is 0 Å². The van der Waals surface area contributed by atoms with Crippen LogP contribution in [0.5, 0.6) is 11.6 Å². The molecule has 2 atom stereocenters. The Balaban J connectivity index is 1.57. The van der Waals surface area contributed by atoms with Crippen LogP contribution in [-0.4, -0.2) is 60.6 Å². The number of hydrogen-bond donors (Lipinski definition) is 1. The number of nitrogens with one attached hydrogen (secondary N) is 1. The first-order chi connectivity index (χ1) is 16.0. The molecule has 1 saturated heterocycles. The molecule has 1 aliphatic heterocycles. The van der Waals surface area contributed by atoms with Crippen LogP contribution >= 0.6 is 0 Å². The molecule has 34 heavy (non-hydrogen) atoms. The second-order valence-electron chi connectivity index (χ2n) is 8.08. The van der Waals surface area contributed by atoms with Crippen molar-refractivity contribution in [2.45, 2.75) is 44.6 Å². The summed E-state index contributed by atoms with van der Waals surface area (Å²) in [6.45, 7) is 1.28. The number of benzene rings is 1. The van der Waals surface area contributed by atoms with Crippen LogP contribution in [0.25, 0.3) is 0 Å². The van der Waals surface area contributed by atoms with E-state index in [1.54, 1.807) is 36.1 Å². The van der Waals surface area contributed by atoms with E-state index in [-0.39, 0.29) is 11.9 Å². The third-order valence-electron chi connectivity index (χ3n) is 5.15. The number of alkyl halides is 4. The molecule has 3 rings (SSSR count). The largest absolute Gasteiger partial charge is 0.489 e. The van der Waals surface area contributed by atoms with Gasteiger partial charge in [-0.25, -0.2) is 22.5 Å². The second kappa shape index (κ2) is 10.8. The lowest BCUT2D eigenvalue weighted by atomic mass is 10.0. The number of carbonyl (C=O) groups is 1. The highest BCUT2D eigenvalue weighted by Crippen LogP contribution is 2.29. The molecule has 1 aromatic carbocycles. The van der Waals surface area contributed by atoms with Gasteiger partial charge in [-0.05, 0) is 24.6 Å². The van der Waals surface area contributed by atoms with Crippen LogP contribution in [0.2, 0.25) is 0 Å². The lowest BCUT2D eigenvalue weighted by Crippen LogP contribution is -2.31. The summed E-state index contributed by atoms with van der Waals surface area (Å²) in [5.74, 6) is -5.25. The average molecular weight is 488 g/mol. The van der Waals surface area contributed by atoms with Crippen LogP contribution in [0.4, 0.5) is 27.8 Å². The Morgan fingerprint density at radius 2 is 1.97 bits per heavy atom. The lowest BCUT2D eigenvalue weighted by Gasteiger charge is -2.20. The Hall–Kier alpha value is -3.18. The van der Waals surface area contributed by atoms with Crippen LogP contribution < -0.4 is 19.7 Å². The molecule has 1 amide bonds. The van der Waals surface area contributed by atoms with E-state index in [0.717, 1.165) is 6.33 Å². The fraction of sp³-hybridized carbons (Fsp3) is 0.500. The Morgan fingerprint density at radius 3 is 2.62 bits per heavy atom. The van der Waals surface area contributed by atoms with Crippen molar-refractivity contribution >= 4 is 11.7 Å². The molecular formula is C22H25F5N4O3. The molecule has 2 heterocycles. The first-order valence-corrected chi connectivity index (χ1v) is 10.6. The van der Waals surface area contributed by atoms with Crippen molar-refractivity contribution in [3.05, 3.63) is 42.0 Å². The minimum Gasteiger partial charge on any atom is -0.489 e. The fourth-order valence-electron chi connectivity index (χ4n) is 3.39. The molecule has 1 unspecified atom stereocenters. The third-order valence-corrected chi connectivity index (χ3v) is 5.15. The van der Waals surface area contributed by atoms with Crippen LogP contribution in [0.3, 0.4) is 0 Å². The molecule has 1 aliphatic rings. The Labute approximate surface area is 193 Å². The molecule has 7 nitrogen and oxygen atoms in total. The molecule has 0 bridgehead atoms. The predicted molar refractivity (Wildman–Crippen MR) is 113 cm³/mol. The van der Waals surface area contributed by atoms with E-state index < -0.39 is 49.0 Å². The summed E-state index contributed by atoms with van der Waals surface area (Å²) >= 11 is 0. The monoisotopic (exact) mass is 488 g/mol. The van der Waals surface area contributed by atoms with Gasteiger partial charge in [-0.1, -0.05) is 12.1 Å². The van der Waals surface area contributed by atoms with Gasteiger partial charge in [-0.15, -0.1) is 0 Å². The zero-order chi connectivity index (χ0) is 24.9. The molecule has 12 heteroatoms. The average Bonchev–Trinajstić information content (AvgIpc) is 3.24. The van der Waals surface area contributed by atoms with Crippen molar-refractivity contribution in [1.82, 2.24) is 15.3 Å². The Kier molecular flexibility index (Phi) is 8.11. The molecule has 0 aliphatic carbocycles. The maximum Gasteiger partial charge on any atom is 0.278 e. The summed E-state index contributed by atoms with van der Waals surface area (Å²) < 4.78 is 76.0. The van der Waals surface area contributed by atoms with Gasteiger partial charge in [0.05, 0.1) is 19.0 Å². The van der Waals surface area contributed by atoms with E-state index in [0.29, 0.717) is 37.7 Å². The van der Waals surface area contributed by atoms with Gasteiger partial charge in [0.2, 0.25) is 11.7 Å². The minimum atomic E-state index is -3.13. The molecule has 1 N–H and O–H groups in total. The van der Waals surface area contributed by atoms with Gasteiger partial charge in [0.1, 0.15) is 18.2 Å². The normalized spacial score (nSPS) is 17.1. The summed E-state index contributed by atoms with van der Waals surface area (Å²) in [6, 6.07) is 6.67. The summed E-state index contributed by atoms with van der Waals surface area (Å²) in [7, 11) is 0. The number of amides is 1. The Morgan fingerprint density at radius 1 is 1.26 bits per heavy atom. The van der Waals surface area contributed by atoms with E-state index in [1.807, 2.05) is 0 Å². The molecule has 186 valence electrons. The molecular weight excluding hydrogens is 463 g/mol. The summed E-state index contributed by atoms with van der Waals surface area (Å²) in [5.41, 5.74) is 0.639. The molecule has 1 aromatic heterocycles. The smallest absolute Gasteiger partial charge is 0.278 e. The van der Waals surface area contributed by atoms with Gasteiger partial charge in [0.15, 0.2) is 12.4 Å². The van der Waals surface area contributed by atoms with Gasteiger partial charge in [0.25, 0.3) is 18.2 Å². The quantitative estimate of drug-likeness (QED) is 0.513. The number of rotatable bonds is 10. The van der Waals surface area contributed by atoms with Crippen molar-refractivity contribution in [3.63, 3.8) is 0 Å². The first-order valence-electron chi connectivity index (χ1n) is 10.6. The van der Waals surface area contributed by atoms with Crippen molar-refractivity contribution in [3.8, 4) is 11.6 Å². The van der Waals surface area contributed by atoms with Crippen molar-refractivity contribution in [2.24, 2.45) is 0 Å². The zero-order valence-corrected chi connectivity index (χ0v) is 18.6. The van der Waals surface area contributed by atoms with Crippen molar-refractivity contribution in [1.29, 1.82) is 0 Å². The summed E-state index contributed by atoms with van der Waals surface area (Å²) in [5, 5.41) is 2.19. The van der Waals surface area contributed by atoms with Gasteiger partial charge in [-0.3, -0.25) is 4.79 Å². The predicted octanol–water partition coefficient (Wildman–Crippen LogP) is 3.79. The number of halogens is 5. The maximum absolute atomic E-state index is 14.7. The molecule has 0 saturated carbocycles. The van der Waals surface area contributed by atoms with Crippen LogP contribution in [0.1, 0.15) is 31.7 Å². The molecule has 1 fully saturated rings. The fourth-order valence-corrected chi connectivity index (χ4v) is 3.39. The SMILES string of the molecule is CC(C(=O)NCC(F)F)c1ccc(O[C@@H]2CCN(c3ncnc(OCC(C)(F)F)c3F)C2)cc1. The number of hydrogen-bond acceptors (Lipinski definition) is 6. The summed E-state index contributed by atoms with van der Waals surface area (Å²) in [4.78, 5) is 21.1. The lowest BCUT2D eigenvalue weighted by molar-refractivity contribution is -0.122. The highest BCUT2D eigenvalue weighted by molar-refractivity contribution is 5.83. The van der Waals surface area contributed by atoms with Gasteiger partial charge in [0, 0.05) is 19.9 Å². The molecule has 0 radical (unpaired) electrons. The van der Waals surface area contributed by atoms with Gasteiger partial charge >= 0.3 is 0 Å². The number of anilines is 1. The third kappa shape index (κ3) is 6.91. The van der Waals surface area contributed by atoms with Gasteiger partial charge < -0.3 is 19.7 Å². The maximum atomic E-state index is 14.7. The molecule has 0 spiro atoms. The molecule has 2 aromatic rings. The number of carbonyl (C=O) groups excluding carboxylic acids is 1. The second-order valence-corrected chi connectivity index (χ2v) is 8.08. The van der Waals surface area contributed by atoms with E-state index in [4.69, 9.17) is 9.47 Å². The van der Waals surface area contributed by atoms with Crippen LogP contribution in [0.15, 0.2) is 30.6 Å². The van der Waals surface area contributed by atoms with Crippen LogP contribution in [0, 0.1) is 5.82 Å². The van der Waals surface area contributed by atoms with E-state index >= 15 is 0 Å². The van der Waals surface area contributed by atoms with Crippen molar-refractivity contribution < 1.29 is 36.2 Å². The number of nitrogens with zero attached hydrogens (tertiary/aromatic N) is 3. The highest BCUT2D eigenvalue weighted by Gasteiger charge is 2.30. The van der Waals surface area contributed by atoms with Crippen LogP contribution in [-0.2, 0) is 4.79 Å². The van der Waals surface area contributed by atoms with E-state index in [2.05, 4.69) is 15.3 Å². The Bertz CT molecular complexity index is 972. The topological polar surface area (TPSA) is 76.6 Å². The standard InChI is InChI=1S/C22H25F5N4O3/c1-13(20(32)28-9-17(23)24)14-3-5-15(6-4-14)34-16-7-8-31(10-16)19-18(25)21(30-12-29-19)33-11-22(2,26)27/h3-6,12-13,16-17H,7-11H2,1-2H3,(H,28,32)/t13?,16-/m1/s1. The van der Waals surface area contributed by atoms with Crippen molar-refractivity contribution in [2.75, 3.05) is 31.1 Å². The van der Waals surface area contributed by atoms with E-state index in [9.17, 15) is 26.7 Å². The zero-order valence-electron chi connectivity index (χ0n) is 18.6. The summed E-state index contributed by atoms with van der Waals surface area (Å²) in [6.07, 6.45) is -1.31. The number of aromatic nitrogens is 2. The highest BCUT2D eigenvalue weighted by atomic mass is 19.3. The minimum absolute atomic E-state index is 0.0606.